The summed E-state index contributed by atoms with van der Waals surface area (Å²) >= 11 is 1.49. The highest BCUT2D eigenvalue weighted by atomic mass is 32.2. The first-order valence-electron chi connectivity index (χ1n) is 6.48. The highest BCUT2D eigenvalue weighted by molar-refractivity contribution is 7.90. The van der Waals surface area contributed by atoms with Crippen LogP contribution in [0.4, 0.5) is 0 Å². The SMILES string of the molecule is CS(=O)(=O)c1ccc(C(=O)NNC(=O)/C=C/c2cccs2)cc1. The van der Waals surface area contributed by atoms with Crippen LogP contribution in [0.1, 0.15) is 15.2 Å². The van der Waals surface area contributed by atoms with Gasteiger partial charge in [-0.2, -0.15) is 0 Å². The lowest BCUT2D eigenvalue weighted by Gasteiger charge is -2.06. The van der Waals surface area contributed by atoms with Crippen molar-refractivity contribution in [3.05, 3.63) is 58.3 Å². The van der Waals surface area contributed by atoms with E-state index >= 15 is 0 Å². The van der Waals surface area contributed by atoms with E-state index in [1.165, 1.54) is 41.7 Å². The fourth-order valence-corrected chi connectivity index (χ4v) is 2.88. The third kappa shape index (κ3) is 5.04. The van der Waals surface area contributed by atoms with Crippen LogP contribution in [0, 0.1) is 0 Å². The number of carbonyl (C=O) groups excluding carboxylic acids is 2. The largest absolute Gasteiger partial charge is 0.269 e. The van der Waals surface area contributed by atoms with Crippen LogP contribution in [0.2, 0.25) is 0 Å². The fourth-order valence-electron chi connectivity index (χ4n) is 1.63. The van der Waals surface area contributed by atoms with Gasteiger partial charge >= 0.3 is 0 Å². The van der Waals surface area contributed by atoms with Crippen molar-refractivity contribution in [1.82, 2.24) is 10.9 Å². The second-order valence-corrected chi connectivity index (χ2v) is 7.58. The van der Waals surface area contributed by atoms with E-state index in [9.17, 15) is 18.0 Å². The third-order valence-electron chi connectivity index (χ3n) is 2.79. The molecular formula is C15H14N2O4S2. The first-order chi connectivity index (χ1) is 10.9. The van der Waals surface area contributed by atoms with Crippen molar-refractivity contribution in [2.45, 2.75) is 4.90 Å². The molecule has 0 fully saturated rings. The molecule has 0 spiro atoms. The molecule has 2 N–H and O–H groups in total. The highest BCUT2D eigenvalue weighted by Gasteiger charge is 2.10. The quantitative estimate of drug-likeness (QED) is 0.647. The molecule has 0 saturated carbocycles. The minimum atomic E-state index is -3.31. The Hall–Kier alpha value is -2.45. The summed E-state index contributed by atoms with van der Waals surface area (Å²) in [6, 6.07) is 9.14. The number of rotatable bonds is 4. The lowest BCUT2D eigenvalue weighted by atomic mass is 10.2. The number of thiophene rings is 1. The molecule has 0 aliphatic carbocycles. The van der Waals surface area contributed by atoms with E-state index in [4.69, 9.17) is 0 Å². The average molecular weight is 350 g/mol. The molecule has 6 nitrogen and oxygen atoms in total. The molecule has 0 saturated heterocycles. The lowest BCUT2D eigenvalue weighted by molar-refractivity contribution is -0.117. The summed E-state index contributed by atoms with van der Waals surface area (Å²) in [7, 11) is -3.31. The molecule has 0 atom stereocenters. The van der Waals surface area contributed by atoms with Crippen LogP contribution in [0.3, 0.4) is 0 Å². The van der Waals surface area contributed by atoms with Crippen LogP contribution in [0.15, 0.2) is 52.7 Å². The van der Waals surface area contributed by atoms with Gasteiger partial charge in [-0.3, -0.25) is 20.4 Å². The maximum absolute atomic E-state index is 11.8. The van der Waals surface area contributed by atoms with E-state index in [0.29, 0.717) is 0 Å². The van der Waals surface area contributed by atoms with Crippen LogP contribution < -0.4 is 10.9 Å². The number of amides is 2. The zero-order valence-electron chi connectivity index (χ0n) is 12.1. The minimum absolute atomic E-state index is 0.122. The Morgan fingerprint density at radius 2 is 1.78 bits per heavy atom. The van der Waals surface area contributed by atoms with Gasteiger partial charge in [-0.05, 0) is 41.8 Å². The summed E-state index contributed by atoms with van der Waals surface area (Å²) in [6.07, 6.45) is 4.02. The molecular weight excluding hydrogens is 336 g/mol. The van der Waals surface area contributed by atoms with Crippen LogP contribution in [-0.2, 0) is 14.6 Å². The number of carbonyl (C=O) groups is 2. The number of hydrogen-bond donors (Lipinski definition) is 2. The maximum atomic E-state index is 11.8. The molecule has 0 radical (unpaired) electrons. The number of hydrogen-bond acceptors (Lipinski definition) is 5. The fraction of sp³-hybridized carbons (Fsp3) is 0.0667. The van der Waals surface area contributed by atoms with Gasteiger partial charge < -0.3 is 0 Å². The van der Waals surface area contributed by atoms with Gasteiger partial charge in [0.05, 0.1) is 4.90 Å². The number of nitrogens with one attached hydrogen (secondary N) is 2. The number of sulfone groups is 1. The molecule has 0 unspecified atom stereocenters. The van der Waals surface area contributed by atoms with Crippen molar-refractivity contribution < 1.29 is 18.0 Å². The zero-order chi connectivity index (χ0) is 16.9. The molecule has 1 aromatic carbocycles. The molecule has 8 heteroatoms. The van der Waals surface area contributed by atoms with Gasteiger partial charge in [0.15, 0.2) is 9.84 Å². The third-order valence-corrected chi connectivity index (χ3v) is 4.75. The highest BCUT2D eigenvalue weighted by Crippen LogP contribution is 2.10. The Bertz CT molecular complexity index is 823. The van der Waals surface area contributed by atoms with Crippen LogP contribution >= 0.6 is 11.3 Å². The van der Waals surface area contributed by atoms with Gasteiger partial charge in [-0.1, -0.05) is 6.07 Å². The molecule has 2 aromatic rings. The van der Waals surface area contributed by atoms with Gasteiger partial charge in [0, 0.05) is 22.8 Å². The first kappa shape index (κ1) is 16.9. The molecule has 2 rings (SSSR count). The molecule has 0 bridgehead atoms. The monoisotopic (exact) mass is 350 g/mol. The van der Waals surface area contributed by atoms with Gasteiger partial charge in [-0.25, -0.2) is 8.42 Å². The number of benzene rings is 1. The van der Waals surface area contributed by atoms with Crippen molar-refractivity contribution >= 4 is 39.1 Å². The summed E-state index contributed by atoms with van der Waals surface area (Å²) in [4.78, 5) is 24.5. The van der Waals surface area contributed by atoms with Crippen molar-refractivity contribution in [2.75, 3.05) is 6.26 Å². The van der Waals surface area contributed by atoms with Crippen LogP contribution in [0.25, 0.3) is 6.08 Å². The molecule has 23 heavy (non-hydrogen) atoms. The van der Waals surface area contributed by atoms with Crippen LogP contribution in [0.5, 0.6) is 0 Å². The molecule has 0 aliphatic heterocycles. The summed E-state index contributed by atoms with van der Waals surface area (Å²) in [6.45, 7) is 0. The smallest absolute Gasteiger partial charge is 0.268 e. The Morgan fingerprint density at radius 3 is 2.35 bits per heavy atom. The van der Waals surface area contributed by atoms with Crippen molar-refractivity contribution in [2.24, 2.45) is 0 Å². The lowest BCUT2D eigenvalue weighted by Crippen LogP contribution is -2.40. The molecule has 1 heterocycles. The van der Waals surface area contributed by atoms with Gasteiger partial charge in [0.1, 0.15) is 0 Å². The molecule has 1 aromatic heterocycles. The van der Waals surface area contributed by atoms with Crippen molar-refractivity contribution in [1.29, 1.82) is 0 Å². The zero-order valence-corrected chi connectivity index (χ0v) is 13.8. The van der Waals surface area contributed by atoms with E-state index < -0.39 is 21.7 Å². The van der Waals surface area contributed by atoms with E-state index in [1.807, 2.05) is 17.5 Å². The predicted octanol–water partition coefficient (Wildman–Crippen LogP) is 1.63. The van der Waals surface area contributed by atoms with E-state index in [0.717, 1.165) is 11.1 Å². The first-order valence-corrected chi connectivity index (χ1v) is 9.25. The van der Waals surface area contributed by atoms with Crippen molar-refractivity contribution in [3.63, 3.8) is 0 Å². The van der Waals surface area contributed by atoms with E-state index in [1.54, 1.807) is 6.08 Å². The summed E-state index contributed by atoms with van der Waals surface area (Å²) in [5.41, 5.74) is 4.74. The summed E-state index contributed by atoms with van der Waals surface area (Å²) < 4.78 is 22.7. The summed E-state index contributed by atoms with van der Waals surface area (Å²) in [5, 5.41) is 1.89. The van der Waals surface area contributed by atoms with Gasteiger partial charge in [0.2, 0.25) is 0 Å². The van der Waals surface area contributed by atoms with E-state index in [2.05, 4.69) is 10.9 Å². The summed E-state index contributed by atoms with van der Waals surface area (Å²) in [5.74, 6) is -1.01. The maximum Gasteiger partial charge on any atom is 0.269 e. The Kier molecular flexibility index (Phi) is 5.30. The second kappa shape index (κ2) is 7.21. The predicted molar refractivity (Wildman–Crippen MR) is 88.5 cm³/mol. The molecule has 2 amide bonds. The van der Waals surface area contributed by atoms with E-state index in [-0.39, 0.29) is 10.5 Å². The Labute approximate surface area is 137 Å². The molecule has 0 aliphatic rings. The average Bonchev–Trinajstić information content (AvgIpc) is 3.03. The topological polar surface area (TPSA) is 92.3 Å². The van der Waals surface area contributed by atoms with Gasteiger partial charge in [-0.15, -0.1) is 11.3 Å². The Morgan fingerprint density at radius 1 is 1.09 bits per heavy atom. The molecule has 120 valence electrons. The number of hydrazine groups is 1. The Balaban J connectivity index is 1.90. The standard InChI is InChI=1S/C15H14N2O4S2/c1-23(20,21)13-7-4-11(5-8-13)15(19)17-16-14(18)9-6-12-3-2-10-22-12/h2-10H,1H3,(H,16,18)(H,17,19)/b9-6+. The second-order valence-electron chi connectivity index (χ2n) is 4.59. The normalized spacial score (nSPS) is 11.3. The van der Waals surface area contributed by atoms with Gasteiger partial charge in [0.25, 0.3) is 11.8 Å². The van der Waals surface area contributed by atoms with Crippen LogP contribution in [-0.4, -0.2) is 26.5 Å². The van der Waals surface area contributed by atoms with Crippen molar-refractivity contribution in [3.8, 4) is 0 Å². The minimum Gasteiger partial charge on any atom is -0.268 e.